The quantitative estimate of drug-likeness (QED) is 0.393. The van der Waals surface area contributed by atoms with Gasteiger partial charge >= 0.3 is 0 Å². The van der Waals surface area contributed by atoms with Crippen molar-refractivity contribution in [2.24, 2.45) is 0 Å². The van der Waals surface area contributed by atoms with Crippen LogP contribution in [-0.2, 0) is 0 Å². The van der Waals surface area contributed by atoms with E-state index in [1.165, 1.54) is 0 Å². The Morgan fingerprint density at radius 2 is 1.23 bits per heavy atom. The Balaban J connectivity index is 1.67. The molecule has 0 saturated heterocycles. The Bertz CT molecular complexity index is 1230. The first-order valence-corrected chi connectivity index (χ1v) is 8.60. The largest absolute Gasteiger partial charge is 0.507 e. The average molecular weight is 336 g/mol. The Morgan fingerprint density at radius 1 is 0.538 bits per heavy atom. The van der Waals surface area contributed by atoms with Gasteiger partial charge in [0, 0.05) is 16.3 Å². The molecule has 0 radical (unpaired) electrons. The summed E-state index contributed by atoms with van der Waals surface area (Å²) in [7, 11) is 0. The Kier molecular flexibility index (Phi) is 3.29. The number of phenolic OH excluding ortho intramolecular Hbond substituents is 1. The number of fused-ring (bicyclic) bond motifs is 3. The number of hydrogen-bond acceptors (Lipinski definition) is 2. The van der Waals surface area contributed by atoms with E-state index in [2.05, 4.69) is 24.3 Å². The van der Waals surface area contributed by atoms with Crippen molar-refractivity contribution in [3.05, 3.63) is 91.0 Å². The van der Waals surface area contributed by atoms with Gasteiger partial charge < -0.3 is 9.52 Å². The number of hydrogen-bond donors (Lipinski definition) is 1. The van der Waals surface area contributed by atoms with Crippen LogP contribution in [0.5, 0.6) is 5.75 Å². The lowest BCUT2D eigenvalue weighted by Gasteiger charge is -2.08. The van der Waals surface area contributed by atoms with Gasteiger partial charge in [0.15, 0.2) is 0 Å². The molecule has 1 N–H and O–H groups in total. The van der Waals surface area contributed by atoms with Crippen LogP contribution in [0.1, 0.15) is 0 Å². The van der Waals surface area contributed by atoms with Gasteiger partial charge in [0.25, 0.3) is 0 Å². The maximum atomic E-state index is 10.3. The first kappa shape index (κ1) is 14.8. The third-order valence-corrected chi connectivity index (χ3v) is 4.79. The Morgan fingerprint density at radius 3 is 2.12 bits per heavy atom. The molecule has 0 bridgehead atoms. The minimum Gasteiger partial charge on any atom is -0.507 e. The summed E-state index contributed by atoms with van der Waals surface area (Å²) in [4.78, 5) is 0. The fraction of sp³-hybridized carbons (Fsp3) is 0. The number of aromatic hydroxyl groups is 1. The SMILES string of the molecule is Oc1ccc(-c2ccc3c(c2)oc2ccccc23)cc1-c1ccccc1. The van der Waals surface area contributed by atoms with Gasteiger partial charge in [-0.3, -0.25) is 0 Å². The number of furan rings is 1. The molecule has 2 nitrogen and oxygen atoms in total. The maximum absolute atomic E-state index is 10.3. The van der Waals surface area contributed by atoms with Crippen molar-refractivity contribution in [1.82, 2.24) is 0 Å². The maximum Gasteiger partial charge on any atom is 0.136 e. The Labute approximate surface area is 150 Å². The zero-order valence-electron chi connectivity index (χ0n) is 14.0. The van der Waals surface area contributed by atoms with Crippen LogP contribution < -0.4 is 0 Å². The van der Waals surface area contributed by atoms with Crippen LogP contribution in [0.15, 0.2) is 95.4 Å². The fourth-order valence-electron chi connectivity index (χ4n) is 3.47. The summed E-state index contributed by atoms with van der Waals surface area (Å²) in [5.74, 6) is 0.282. The predicted molar refractivity (Wildman–Crippen MR) is 106 cm³/mol. The fourth-order valence-corrected chi connectivity index (χ4v) is 3.47. The lowest BCUT2D eigenvalue weighted by Crippen LogP contribution is -1.83. The molecule has 0 atom stereocenters. The molecular formula is C24H16O2. The molecule has 5 aromatic rings. The van der Waals surface area contributed by atoms with E-state index < -0.39 is 0 Å². The van der Waals surface area contributed by atoms with Gasteiger partial charge in [-0.15, -0.1) is 0 Å². The van der Waals surface area contributed by atoms with Crippen molar-refractivity contribution in [1.29, 1.82) is 0 Å². The number of rotatable bonds is 2. The van der Waals surface area contributed by atoms with Crippen LogP contribution in [-0.4, -0.2) is 5.11 Å². The van der Waals surface area contributed by atoms with Gasteiger partial charge in [-0.05, 0) is 47.0 Å². The molecule has 124 valence electrons. The minimum atomic E-state index is 0.282. The second-order valence-corrected chi connectivity index (χ2v) is 6.41. The molecule has 5 rings (SSSR count). The van der Waals surface area contributed by atoms with Crippen LogP contribution in [0.25, 0.3) is 44.2 Å². The zero-order chi connectivity index (χ0) is 17.5. The van der Waals surface area contributed by atoms with Gasteiger partial charge in [0.05, 0.1) is 0 Å². The standard InChI is InChI=1S/C24H16O2/c25-22-13-11-17(14-21(22)16-6-2-1-3-7-16)18-10-12-20-19-8-4-5-9-23(19)26-24(20)15-18/h1-15,25H. The van der Waals surface area contributed by atoms with Crippen LogP contribution in [0.4, 0.5) is 0 Å². The molecule has 0 saturated carbocycles. The van der Waals surface area contributed by atoms with Crippen LogP contribution in [0.3, 0.4) is 0 Å². The Hall–Kier alpha value is -3.52. The summed E-state index contributed by atoms with van der Waals surface area (Å²) in [6.07, 6.45) is 0. The zero-order valence-corrected chi connectivity index (χ0v) is 14.0. The number of benzene rings is 4. The highest BCUT2D eigenvalue weighted by Gasteiger charge is 2.10. The van der Waals surface area contributed by atoms with E-state index in [4.69, 9.17) is 4.42 Å². The van der Waals surface area contributed by atoms with E-state index in [0.29, 0.717) is 0 Å². The second kappa shape index (κ2) is 5.78. The molecule has 1 heterocycles. The molecular weight excluding hydrogens is 320 g/mol. The first-order valence-electron chi connectivity index (χ1n) is 8.60. The summed E-state index contributed by atoms with van der Waals surface area (Å²) >= 11 is 0. The first-order chi connectivity index (χ1) is 12.8. The summed E-state index contributed by atoms with van der Waals surface area (Å²) in [5.41, 5.74) is 5.70. The molecule has 2 heteroatoms. The number of para-hydroxylation sites is 1. The average Bonchev–Trinajstić information content (AvgIpc) is 3.07. The van der Waals surface area contributed by atoms with Crippen molar-refractivity contribution in [2.75, 3.05) is 0 Å². The van der Waals surface area contributed by atoms with Crippen molar-refractivity contribution < 1.29 is 9.52 Å². The van der Waals surface area contributed by atoms with Crippen molar-refractivity contribution >= 4 is 21.9 Å². The van der Waals surface area contributed by atoms with Crippen molar-refractivity contribution in [3.63, 3.8) is 0 Å². The monoisotopic (exact) mass is 336 g/mol. The number of phenols is 1. The second-order valence-electron chi connectivity index (χ2n) is 6.41. The van der Waals surface area contributed by atoms with Gasteiger partial charge in [-0.2, -0.15) is 0 Å². The van der Waals surface area contributed by atoms with Gasteiger partial charge in [-0.1, -0.05) is 60.7 Å². The van der Waals surface area contributed by atoms with E-state index >= 15 is 0 Å². The van der Waals surface area contributed by atoms with Crippen molar-refractivity contribution in [3.8, 4) is 28.0 Å². The molecule has 0 spiro atoms. The molecule has 0 aliphatic rings. The molecule has 0 fully saturated rings. The van der Waals surface area contributed by atoms with E-state index in [1.807, 2.05) is 60.7 Å². The highest BCUT2D eigenvalue weighted by molar-refractivity contribution is 6.05. The van der Waals surface area contributed by atoms with E-state index in [9.17, 15) is 5.11 Å². The van der Waals surface area contributed by atoms with E-state index in [-0.39, 0.29) is 5.75 Å². The third-order valence-electron chi connectivity index (χ3n) is 4.79. The third kappa shape index (κ3) is 2.35. The highest BCUT2D eigenvalue weighted by Crippen LogP contribution is 2.36. The lowest BCUT2D eigenvalue weighted by molar-refractivity contribution is 0.477. The van der Waals surface area contributed by atoms with Crippen LogP contribution in [0, 0.1) is 0 Å². The molecule has 1 aromatic heterocycles. The topological polar surface area (TPSA) is 33.4 Å². The molecule has 0 amide bonds. The van der Waals surface area contributed by atoms with Crippen LogP contribution in [0.2, 0.25) is 0 Å². The van der Waals surface area contributed by atoms with E-state index in [1.54, 1.807) is 6.07 Å². The summed E-state index contributed by atoms with van der Waals surface area (Å²) in [5, 5.41) is 12.5. The highest BCUT2D eigenvalue weighted by atomic mass is 16.3. The summed E-state index contributed by atoms with van der Waals surface area (Å²) in [6.45, 7) is 0. The molecule has 4 aromatic carbocycles. The van der Waals surface area contributed by atoms with Crippen molar-refractivity contribution in [2.45, 2.75) is 0 Å². The van der Waals surface area contributed by atoms with E-state index in [0.717, 1.165) is 44.2 Å². The molecule has 0 unspecified atom stereocenters. The van der Waals surface area contributed by atoms with Gasteiger partial charge in [-0.25, -0.2) is 0 Å². The summed E-state index contributed by atoms with van der Waals surface area (Å²) in [6, 6.07) is 30.0. The van der Waals surface area contributed by atoms with Gasteiger partial charge in [0.2, 0.25) is 0 Å². The molecule has 0 aliphatic heterocycles. The smallest absolute Gasteiger partial charge is 0.136 e. The molecule has 26 heavy (non-hydrogen) atoms. The molecule has 0 aliphatic carbocycles. The van der Waals surface area contributed by atoms with Crippen LogP contribution >= 0.6 is 0 Å². The normalized spacial score (nSPS) is 11.2. The predicted octanol–water partition coefficient (Wildman–Crippen LogP) is 6.63. The van der Waals surface area contributed by atoms with Gasteiger partial charge in [0.1, 0.15) is 16.9 Å². The minimum absolute atomic E-state index is 0.282. The lowest BCUT2D eigenvalue weighted by atomic mass is 9.97. The summed E-state index contributed by atoms with van der Waals surface area (Å²) < 4.78 is 6.00.